The number of benzene rings is 2. The molecule has 3 rings (SSSR count). The second-order valence-corrected chi connectivity index (χ2v) is 6.05. The van der Waals surface area contributed by atoms with Crippen LogP contribution in [-0.2, 0) is 9.53 Å². The molecule has 0 saturated carbocycles. The van der Waals surface area contributed by atoms with Gasteiger partial charge in [-0.1, -0.05) is 18.2 Å². The number of nitrogens with one attached hydrogen (secondary N) is 1. The summed E-state index contributed by atoms with van der Waals surface area (Å²) < 4.78 is 5.48. The Morgan fingerprint density at radius 3 is 2.48 bits per heavy atom. The first-order valence-electron chi connectivity index (χ1n) is 8.40. The van der Waals surface area contributed by atoms with Crippen molar-refractivity contribution in [2.45, 2.75) is 13.0 Å². The highest BCUT2D eigenvalue weighted by Gasteiger charge is 2.18. The van der Waals surface area contributed by atoms with Gasteiger partial charge in [0.05, 0.1) is 30.6 Å². The van der Waals surface area contributed by atoms with Crippen molar-refractivity contribution in [3.8, 4) is 0 Å². The van der Waals surface area contributed by atoms with Gasteiger partial charge in [-0.05, 0) is 43.3 Å². The standard InChI is InChI=1S/C19H22N4O2/c1-15-13-23(11-12-25-15)14-19(24)20-16-7-9-18(10-8-16)22-21-17-5-3-2-4-6-17/h2-10,15H,11-14H2,1H3,(H,20,24). The summed E-state index contributed by atoms with van der Waals surface area (Å²) in [7, 11) is 0. The molecule has 1 atom stereocenters. The fraction of sp³-hybridized carbons (Fsp3) is 0.316. The molecule has 1 aliphatic heterocycles. The third kappa shape index (κ3) is 5.48. The molecule has 6 heteroatoms. The van der Waals surface area contributed by atoms with Gasteiger partial charge in [0.15, 0.2) is 0 Å². The van der Waals surface area contributed by atoms with Crippen molar-refractivity contribution in [2.24, 2.45) is 10.2 Å². The summed E-state index contributed by atoms with van der Waals surface area (Å²) in [5, 5.41) is 11.3. The Morgan fingerprint density at radius 2 is 1.80 bits per heavy atom. The number of morpholine rings is 1. The lowest BCUT2D eigenvalue weighted by molar-refractivity contribution is -0.119. The number of carbonyl (C=O) groups excluding carboxylic acids is 1. The minimum atomic E-state index is -0.0206. The molecule has 1 saturated heterocycles. The van der Waals surface area contributed by atoms with Crippen LogP contribution in [0.15, 0.2) is 64.8 Å². The summed E-state index contributed by atoms with van der Waals surface area (Å²) in [6, 6.07) is 16.9. The van der Waals surface area contributed by atoms with Crippen molar-refractivity contribution >= 4 is 23.0 Å². The zero-order valence-electron chi connectivity index (χ0n) is 14.3. The topological polar surface area (TPSA) is 66.3 Å². The summed E-state index contributed by atoms with van der Waals surface area (Å²) in [4.78, 5) is 14.3. The van der Waals surface area contributed by atoms with Gasteiger partial charge in [0, 0.05) is 18.8 Å². The first-order valence-corrected chi connectivity index (χ1v) is 8.40. The molecule has 0 spiro atoms. The van der Waals surface area contributed by atoms with Crippen molar-refractivity contribution in [1.29, 1.82) is 0 Å². The molecule has 0 bridgehead atoms. The van der Waals surface area contributed by atoms with E-state index in [0.29, 0.717) is 13.2 Å². The molecular weight excluding hydrogens is 316 g/mol. The van der Waals surface area contributed by atoms with E-state index in [0.717, 1.165) is 30.2 Å². The van der Waals surface area contributed by atoms with Gasteiger partial charge < -0.3 is 10.1 Å². The van der Waals surface area contributed by atoms with Gasteiger partial charge in [-0.15, -0.1) is 0 Å². The third-order valence-electron chi connectivity index (χ3n) is 3.88. The molecule has 1 aliphatic rings. The number of azo groups is 1. The Bertz CT molecular complexity index is 716. The molecule has 0 radical (unpaired) electrons. The third-order valence-corrected chi connectivity index (χ3v) is 3.88. The first kappa shape index (κ1) is 17.3. The molecule has 2 aromatic carbocycles. The number of anilines is 1. The normalized spacial score (nSPS) is 18.4. The van der Waals surface area contributed by atoms with E-state index in [-0.39, 0.29) is 12.0 Å². The first-order chi connectivity index (χ1) is 12.2. The molecule has 130 valence electrons. The second kappa shape index (κ2) is 8.50. The molecule has 1 amide bonds. The average Bonchev–Trinajstić information content (AvgIpc) is 2.62. The maximum absolute atomic E-state index is 12.1. The van der Waals surface area contributed by atoms with E-state index in [9.17, 15) is 4.79 Å². The van der Waals surface area contributed by atoms with Crippen LogP contribution in [0.4, 0.5) is 17.1 Å². The maximum Gasteiger partial charge on any atom is 0.238 e. The van der Waals surface area contributed by atoms with Crippen molar-refractivity contribution in [3.05, 3.63) is 54.6 Å². The molecule has 6 nitrogen and oxygen atoms in total. The fourth-order valence-corrected chi connectivity index (χ4v) is 2.66. The molecule has 2 aromatic rings. The Balaban J connectivity index is 1.52. The van der Waals surface area contributed by atoms with Gasteiger partial charge in [0.25, 0.3) is 0 Å². The lowest BCUT2D eigenvalue weighted by Gasteiger charge is -2.30. The van der Waals surface area contributed by atoms with E-state index in [4.69, 9.17) is 4.74 Å². The van der Waals surface area contributed by atoms with Crippen molar-refractivity contribution in [2.75, 3.05) is 31.6 Å². The van der Waals surface area contributed by atoms with E-state index >= 15 is 0 Å². The molecular formula is C19H22N4O2. The van der Waals surface area contributed by atoms with Crippen LogP contribution >= 0.6 is 0 Å². The number of carbonyl (C=O) groups is 1. The predicted molar refractivity (Wildman–Crippen MR) is 97.5 cm³/mol. The number of ether oxygens (including phenoxy) is 1. The summed E-state index contributed by atoms with van der Waals surface area (Å²) in [5.41, 5.74) is 2.30. The molecule has 1 fully saturated rings. The molecule has 0 aliphatic carbocycles. The Labute approximate surface area is 147 Å². The zero-order chi connectivity index (χ0) is 17.5. The van der Waals surface area contributed by atoms with Crippen LogP contribution in [-0.4, -0.2) is 43.2 Å². The summed E-state index contributed by atoms with van der Waals surface area (Å²) in [5.74, 6) is -0.0206. The average molecular weight is 338 g/mol. The van der Waals surface area contributed by atoms with Crippen molar-refractivity contribution < 1.29 is 9.53 Å². The second-order valence-electron chi connectivity index (χ2n) is 6.05. The van der Waals surface area contributed by atoms with Crippen LogP contribution in [0.3, 0.4) is 0 Å². The Morgan fingerprint density at radius 1 is 1.12 bits per heavy atom. The SMILES string of the molecule is CC1CN(CC(=O)Nc2ccc(N=Nc3ccccc3)cc2)CCO1. The Hall–Kier alpha value is -2.57. The number of hydrogen-bond donors (Lipinski definition) is 1. The van der Waals surface area contributed by atoms with E-state index in [1.54, 1.807) is 0 Å². The number of nitrogens with zero attached hydrogens (tertiary/aromatic N) is 3. The Kier molecular flexibility index (Phi) is 5.87. The molecule has 25 heavy (non-hydrogen) atoms. The van der Waals surface area contributed by atoms with Gasteiger partial charge >= 0.3 is 0 Å². The molecule has 0 aromatic heterocycles. The smallest absolute Gasteiger partial charge is 0.238 e. The van der Waals surface area contributed by atoms with Gasteiger partial charge in [-0.2, -0.15) is 10.2 Å². The quantitative estimate of drug-likeness (QED) is 0.844. The summed E-state index contributed by atoms with van der Waals surface area (Å²) in [6.45, 7) is 4.65. The molecule has 1 unspecified atom stereocenters. The highest BCUT2D eigenvalue weighted by molar-refractivity contribution is 5.92. The summed E-state index contributed by atoms with van der Waals surface area (Å²) in [6.07, 6.45) is 0.177. The van der Waals surface area contributed by atoms with Crippen LogP contribution in [0.5, 0.6) is 0 Å². The highest BCUT2D eigenvalue weighted by Crippen LogP contribution is 2.20. The predicted octanol–water partition coefficient (Wildman–Crippen LogP) is 3.76. The highest BCUT2D eigenvalue weighted by atomic mass is 16.5. The van der Waals surface area contributed by atoms with Crippen LogP contribution in [0.2, 0.25) is 0 Å². The number of hydrogen-bond acceptors (Lipinski definition) is 5. The molecule has 1 heterocycles. The largest absolute Gasteiger partial charge is 0.376 e. The van der Waals surface area contributed by atoms with Crippen molar-refractivity contribution in [1.82, 2.24) is 4.90 Å². The van der Waals surface area contributed by atoms with Crippen LogP contribution in [0.1, 0.15) is 6.92 Å². The fourth-order valence-electron chi connectivity index (χ4n) is 2.66. The summed E-state index contributed by atoms with van der Waals surface area (Å²) >= 11 is 0. The van der Waals surface area contributed by atoms with E-state index in [2.05, 4.69) is 20.4 Å². The number of amides is 1. The monoisotopic (exact) mass is 338 g/mol. The minimum Gasteiger partial charge on any atom is -0.376 e. The lowest BCUT2D eigenvalue weighted by atomic mass is 10.2. The van der Waals surface area contributed by atoms with Crippen molar-refractivity contribution in [3.63, 3.8) is 0 Å². The van der Waals surface area contributed by atoms with Gasteiger partial charge in [-0.3, -0.25) is 9.69 Å². The maximum atomic E-state index is 12.1. The van der Waals surface area contributed by atoms with Gasteiger partial charge in [0.2, 0.25) is 5.91 Å². The van der Waals surface area contributed by atoms with E-state index in [1.807, 2.05) is 61.5 Å². The van der Waals surface area contributed by atoms with Gasteiger partial charge in [-0.25, -0.2) is 0 Å². The van der Waals surface area contributed by atoms with Crippen LogP contribution in [0.25, 0.3) is 0 Å². The van der Waals surface area contributed by atoms with Crippen LogP contribution < -0.4 is 5.32 Å². The zero-order valence-corrected chi connectivity index (χ0v) is 14.3. The lowest BCUT2D eigenvalue weighted by Crippen LogP contribution is -2.44. The van der Waals surface area contributed by atoms with Crippen LogP contribution in [0, 0.1) is 0 Å². The minimum absolute atomic E-state index is 0.0206. The van der Waals surface area contributed by atoms with E-state index < -0.39 is 0 Å². The molecule has 1 N–H and O–H groups in total. The van der Waals surface area contributed by atoms with E-state index in [1.165, 1.54) is 0 Å². The number of rotatable bonds is 5. The van der Waals surface area contributed by atoms with Gasteiger partial charge in [0.1, 0.15) is 0 Å².